The Balaban J connectivity index is 2.03. The summed E-state index contributed by atoms with van der Waals surface area (Å²) < 4.78 is 1.00. The van der Waals surface area contributed by atoms with Gasteiger partial charge < -0.3 is 5.11 Å². The van der Waals surface area contributed by atoms with E-state index in [9.17, 15) is 9.90 Å². The van der Waals surface area contributed by atoms with Crippen LogP contribution in [0, 0.1) is 0 Å². The molecule has 1 aliphatic heterocycles. The zero-order valence-corrected chi connectivity index (χ0v) is 10.5. The van der Waals surface area contributed by atoms with Crippen LogP contribution in [0.2, 0.25) is 0 Å². The number of benzene rings is 1. The first-order chi connectivity index (χ1) is 9.75. The molecule has 0 unspecified atom stereocenters. The highest BCUT2D eigenvalue weighted by atomic mass is 16.4. The predicted molar refractivity (Wildman–Crippen MR) is 75.7 cm³/mol. The molecule has 2 heterocycles. The van der Waals surface area contributed by atoms with Crippen molar-refractivity contribution in [3.05, 3.63) is 53.9 Å². The fraction of sp³-hybridized carbons (Fsp3) is 0.0714. The number of allylic oxidation sites excluding steroid dienone is 4. The van der Waals surface area contributed by atoms with Crippen LogP contribution in [0.4, 0.5) is 4.79 Å². The molecule has 6 nitrogen and oxygen atoms in total. The summed E-state index contributed by atoms with van der Waals surface area (Å²) in [6.07, 6.45) is 6.62. The second kappa shape index (κ2) is 5.00. The molecule has 3 rings (SSSR count). The monoisotopic (exact) mass is 268 g/mol. The molecule has 0 bridgehead atoms. The van der Waals surface area contributed by atoms with Gasteiger partial charge in [0, 0.05) is 23.7 Å². The molecule has 0 saturated carbocycles. The van der Waals surface area contributed by atoms with Gasteiger partial charge in [0.05, 0.1) is 11.2 Å². The number of rotatable bonds is 2. The number of hydrogen-bond acceptors (Lipinski definition) is 4. The number of fused-ring (bicyclic) bond motifs is 1. The Morgan fingerprint density at radius 1 is 1.30 bits per heavy atom. The smallest absolute Gasteiger partial charge is 0.432 e. The van der Waals surface area contributed by atoms with Crippen LogP contribution in [0.3, 0.4) is 0 Å². The van der Waals surface area contributed by atoms with Gasteiger partial charge >= 0.3 is 6.09 Å². The second-order valence-electron chi connectivity index (χ2n) is 4.30. The number of hydrazone groups is 1. The summed E-state index contributed by atoms with van der Waals surface area (Å²) in [5.41, 5.74) is 5.05. The molecule has 1 aliphatic rings. The Morgan fingerprint density at radius 2 is 2.15 bits per heavy atom. The first-order valence-electron chi connectivity index (χ1n) is 6.10. The van der Waals surface area contributed by atoms with Crippen molar-refractivity contribution >= 4 is 23.2 Å². The molecule has 0 fully saturated rings. The number of para-hydroxylation sites is 1. The van der Waals surface area contributed by atoms with Crippen LogP contribution in [0.5, 0.6) is 0 Å². The van der Waals surface area contributed by atoms with Crippen molar-refractivity contribution < 1.29 is 9.90 Å². The van der Waals surface area contributed by atoms with E-state index in [1.165, 1.54) is 0 Å². The van der Waals surface area contributed by atoms with Crippen molar-refractivity contribution in [2.24, 2.45) is 5.10 Å². The summed E-state index contributed by atoms with van der Waals surface area (Å²) in [4.78, 5) is 11.2. The molecule has 0 amide bonds. The molecule has 2 N–H and O–H groups in total. The first-order valence-corrected chi connectivity index (χ1v) is 6.10. The van der Waals surface area contributed by atoms with Gasteiger partial charge in [0.2, 0.25) is 0 Å². The third-order valence-corrected chi connectivity index (χ3v) is 2.98. The van der Waals surface area contributed by atoms with E-state index < -0.39 is 6.09 Å². The molecule has 1 aromatic carbocycles. The number of nitrogens with zero attached hydrogens (tertiary/aromatic N) is 3. The van der Waals surface area contributed by atoms with Crippen LogP contribution in [0.15, 0.2) is 53.3 Å². The molecule has 0 aliphatic carbocycles. The highest BCUT2D eigenvalue weighted by Crippen LogP contribution is 2.20. The van der Waals surface area contributed by atoms with Gasteiger partial charge in [0.1, 0.15) is 0 Å². The van der Waals surface area contributed by atoms with Crippen molar-refractivity contribution in [3.8, 4) is 0 Å². The fourth-order valence-electron chi connectivity index (χ4n) is 2.11. The molecular weight excluding hydrogens is 256 g/mol. The number of nitrogens with one attached hydrogen (secondary N) is 1. The predicted octanol–water partition coefficient (Wildman–Crippen LogP) is 2.13. The Morgan fingerprint density at radius 3 is 3.00 bits per heavy atom. The van der Waals surface area contributed by atoms with Crippen molar-refractivity contribution in [2.75, 3.05) is 0 Å². The van der Waals surface area contributed by atoms with Gasteiger partial charge in [-0.1, -0.05) is 24.3 Å². The highest BCUT2D eigenvalue weighted by Gasteiger charge is 2.15. The molecule has 1 aromatic heterocycles. The first kappa shape index (κ1) is 12.2. The van der Waals surface area contributed by atoms with Crippen molar-refractivity contribution in [1.82, 2.24) is 15.2 Å². The van der Waals surface area contributed by atoms with E-state index in [1.807, 2.05) is 30.4 Å². The van der Waals surface area contributed by atoms with E-state index in [4.69, 9.17) is 0 Å². The van der Waals surface area contributed by atoms with E-state index in [-0.39, 0.29) is 0 Å². The zero-order valence-electron chi connectivity index (χ0n) is 10.5. The van der Waals surface area contributed by atoms with E-state index in [2.05, 4.69) is 15.6 Å². The lowest BCUT2D eigenvalue weighted by atomic mass is 10.1. The van der Waals surface area contributed by atoms with Gasteiger partial charge in [0.25, 0.3) is 0 Å². The average molecular weight is 268 g/mol. The maximum atomic E-state index is 11.2. The minimum atomic E-state index is -1.09. The average Bonchev–Trinajstić information content (AvgIpc) is 2.63. The SMILES string of the molecule is O=C(O)n1nc(CC2=CC=CC=NN2)c2ccccc21. The number of aromatic nitrogens is 2. The lowest BCUT2D eigenvalue weighted by Gasteiger charge is -2.02. The Hall–Kier alpha value is -2.89. The summed E-state index contributed by atoms with van der Waals surface area (Å²) in [6, 6.07) is 7.27. The van der Waals surface area contributed by atoms with Gasteiger partial charge in [-0.2, -0.15) is 14.9 Å². The lowest BCUT2D eigenvalue weighted by Crippen LogP contribution is -2.11. The summed E-state index contributed by atoms with van der Waals surface area (Å²) in [6.45, 7) is 0. The van der Waals surface area contributed by atoms with Crippen molar-refractivity contribution in [2.45, 2.75) is 6.42 Å². The Bertz CT molecular complexity index is 756. The van der Waals surface area contributed by atoms with Crippen LogP contribution in [0.1, 0.15) is 5.69 Å². The highest BCUT2D eigenvalue weighted by molar-refractivity contribution is 5.89. The normalized spacial score (nSPS) is 13.9. The summed E-state index contributed by atoms with van der Waals surface area (Å²) in [7, 11) is 0. The van der Waals surface area contributed by atoms with Crippen molar-refractivity contribution in [1.29, 1.82) is 0 Å². The molecule has 20 heavy (non-hydrogen) atoms. The van der Waals surface area contributed by atoms with Crippen molar-refractivity contribution in [3.63, 3.8) is 0 Å². The topological polar surface area (TPSA) is 79.5 Å². The van der Waals surface area contributed by atoms with Crippen LogP contribution in [-0.4, -0.2) is 27.2 Å². The summed E-state index contributed by atoms with van der Waals surface area (Å²) >= 11 is 0. The standard InChI is InChI=1S/C14H12N4O2/c19-14(20)18-13-7-2-1-6-11(13)12(17-18)9-10-5-3-4-8-15-16-10/h1-8,16H,9H2,(H,19,20). The quantitative estimate of drug-likeness (QED) is 0.874. The maximum absolute atomic E-state index is 11.2. The third-order valence-electron chi connectivity index (χ3n) is 2.98. The largest absolute Gasteiger partial charge is 0.463 e. The number of carboxylic acid groups (broad SMARTS) is 1. The fourth-order valence-corrected chi connectivity index (χ4v) is 2.11. The number of carbonyl (C=O) groups is 1. The summed E-state index contributed by atoms with van der Waals surface area (Å²) in [5, 5.41) is 18.2. The molecule has 0 radical (unpaired) electrons. The van der Waals surface area contributed by atoms with E-state index in [1.54, 1.807) is 18.3 Å². The van der Waals surface area contributed by atoms with Gasteiger partial charge in [-0.15, -0.1) is 0 Å². The molecule has 0 atom stereocenters. The molecular formula is C14H12N4O2. The molecule has 2 aromatic rings. The molecule has 0 saturated heterocycles. The third kappa shape index (κ3) is 2.18. The molecule has 100 valence electrons. The minimum Gasteiger partial charge on any atom is -0.463 e. The summed E-state index contributed by atoms with van der Waals surface area (Å²) in [5.74, 6) is 0. The Labute approximate surface area is 114 Å². The van der Waals surface area contributed by atoms with Crippen LogP contribution < -0.4 is 5.43 Å². The van der Waals surface area contributed by atoms with Gasteiger partial charge in [-0.25, -0.2) is 4.79 Å². The van der Waals surface area contributed by atoms with Gasteiger partial charge in [0.15, 0.2) is 0 Å². The molecule has 6 heteroatoms. The Kier molecular flexibility index (Phi) is 3.04. The maximum Gasteiger partial charge on any atom is 0.432 e. The van der Waals surface area contributed by atoms with E-state index in [0.29, 0.717) is 17.6 Å². The van der Waals surface area contributed by atoms with Gasteiger partial charge in [-0.3, -0.25) is 5.43 Å². The molecule has 0 spiro atoms. The van der Waals surface area contributed by atoms with E-state index >= 15 is 0 Å². The number of hydrogen-bond donors (Lipinski definition) is 2. The van der Waals surface area contributed by atoms with Crippen LogP contribution >= 0.6 is 0 Å². The minimum absolute atomic E-state index is 0.489. The van der Waals surface area contributed by atoms with Crippen LogP contribution in [-0.2, 0) is 6.42 Å². The van der Waals surface area contributed by atoms with Gasteiger partial charge in [-0.05, 0) is 18.2 Å². The second-order valence-corrected chi connectivity index (χ2v) is 4.30. The lowest BCUT2D eigenvalue weighted by molar-refractivity contribution is 0.194. The van der Waals surface area contributed by atoms with E-state index in [0.717, 1.165) is 15.8 Å². The zero-order chi connectivity index (χ0) is 13.9. The van der Waals surface area contributed by atoms with Crippen LogP contribution in [0.25, 0.3) is 10.9 Å².